The van der Waals surface area contributed by atoms with E-state index in [0.717, 1.165) is 61.4 Å². The van der Waals surface area contributed by atoms with Crippen molar-refractivity contribution in [2.24, 2.45) is 0 Å². The summed E-state index contributed by atoms with van der Waals surface area (Å²) in [5.41, 5.74) is 3.02. The normalized spacial score (nSPS) is 20.6. The van der Waals surface area contributed by atoms with Crippen molar-refractivity contribution in [1.29, 1.82) is 0 Å². The Bertz CT molecular complexity index is 977. The first-order valence-electron chi connectivity index (χ1n) is 9.78. The van der Waals surface area contributed by atoms with Crippen LogP contribution in [0.5, 0.6) is 5.75 Å². The van der Waals surface area contributed by atoms with Gasteiger partial charge in [-0.1, -0.05) is 12.1 Å². The molecule has 8 nitrogen and oxygen atoms in total. The van der Waals surface area contributed by atoms with Crippen molar-refractivity contribution in [3.63, 3.8) is 0 Å². The van der Waals surface area contributed by atoms with Crippen molar-refractivity contribution >= 4 is 17.1 Å². The Kier molecular flexibility index (Phi) is 4.58. The number of ether oxygens (including phenoxy) is 2. The van der Waals surface area contributed by atoms with Crippen LogP contribution < -0.4 is 4.90 Å². The number of aromatic hydroxyl groups is 1. The number of fused-ring (bicyclic) bond motifs is 1. The third kappa shape index (κ3) is 3.18. The van der Waals surface area contributed by atoms with Gasteiger partial charge in [0.1, 0.15) is 23.2 Å². The van der Waals surface area contributed by atoms with Gasteiger partial charge in [-0.3, -0.25) is 4.57 Å². The summed E-state index contributed by atoms with van der Waals surface area (Å²) < 4.78 is 13.5. The van der Waals surface area contributed by atoms with E-state index in [1.54, 1.807) is 18.5 Å². The molecule has 3 aromatic rings. The van der Waals surface area contributed by atoms with Crippen LogP contribution in [0.2, 0.25) is 0 Å². The highest BCUT2D eigenvalue weighted by Gasteiger charge is 2.24. The van der Waals surface area contributed by atoms with Crippen LogP contribution >= 0.6 is 0 Å². The number of phenols is 1. The molecule has 2 aliphatic heterocycles. The molecule has 1 unspecified atom stereocenters. The van der Waals surface area contributed by atoms with E-state index in [4.69, 9.17) is 19.4 Å². The Hall–Kier alpha value is -2.71. The molecule has 4 heterocycles. The van der Waals surface area contributed by atoms with Gasteiger partial charge in [0.05, 0.1) is 19.5 Å². The van der Waals surface area contributed by atoms with E-state index in [1.165, 1.54) is 0 Å². The first-order valence-corrected chi connectivity index (χ1v) is 9.78. The van der Waals surface area contributed by atoms with Gasteiger partial charge >= 0.3 is 0 Å². The average molecular weight is 381 g/mol. The molecule has 2 fully saturated rings. The summed E-state index contributed by atoms with van der Waals surface area (Å²) in [6.45, 7) is 3.57. The van der Waals surface area contributed by atoms with E-state index < -0.39 is 0 Å². The van der Waals surface area contributed by atoms with E-state index in [2.05, 4.69) is 9.88 Å². The first kappa shape index (κ1) is 17.4. The lowest BCUT2D eigenvalue weighted by atomic mass is 10.1. The number of benzene rings is 1. The van der Waals surface area contributed by atoms with Crippen LogP contribution in [-0.2, 0) is 9.47 Å². The molecular formula is C20H23N5O3. The number of hydrogen-bond acceptors (Lipinski definition) is 7. The summed E-state index contributed by atoms with van der Waals surface area (Å²) in [7, 11) is 0. The molecule has 146 valence electrons. The largest absolute Gasteiger partial charge is 0.508 e. The highest BCUT2D eigenvalue weighted by molar-refractivity contribution is 5.88. The first-order chi connectivity index (χ1) is 13.8. The van der Waals surface area contributed by atoms with Crippen LogP contribution in [0.1, 0.15) is 25.5 Å². The summed E-state index contributed by atoms with van der Waals surface area (Å²) in [5.74, 6) is 0.860. The minimum Gasteiger partial charge on any atom is -0.508 e. The molecule has 8 heteroatoms. The Labute approximate surface area is 162 Å². The lowest BCUT2D eigenvalue weighted by Gasteiger charge is -2.28. The second kappa shape index (κ2) is 7.37. The molecule has 0 aliphatic carbocycles. The molecule has 0 amide bonds. The predicted octanol–water partition coefficient (Wildman–Crippen LogP) is 2.73. The molecule has 1 atom stereocenters. The smallest absolute Gasteiger partial charge is 0.228 e. The third-order valence-corrected chi connectivity index (χ3v) is 5.29. The predicted molar refractivity (Wildman–Crippen MR) is 104 cm³/mol. The highest BCUT2D eigenvalue weighted by atomic mass is 16.5. The quantitative estimate of drug-likeness (QED) is 0.746. The van der Waals surface area contributed by atoms with Crippen molar-refractivity contribution in [1.82, 2.24) is 19.5 Å². The molecule has 5 rings (SSSR count). The molecule has 2 aromatic heterocycles. The van der Waals surface area contributed by atoms with Gasteiger partial charge in [-0.25, -0.2) is 9.97 Å². The zero-order valence-electron chi connectivity index (χ0n) is 15.6. The molecule has 28 heavy (non-hydrogen) atoms. The van der Waals surface area contributed by atoms with E-state index in [9.17, 15) is 5.11 Å². The zero-order chi connectivity index (χ0) is 18.9. The maximum Gasteiger partial charge on any atom is 0.228 e. The van der Waals surface area contributed by atoms with Crippen LogP contribution in [0.15, 0.2) is 30.6 Å². The minimum atomic E-state index is -0.0526. The number of hydrogen-bond donors (Lipinski definition) is 1. The van der Waals surface area contributed by atoms with E-state index in [1.807, 2.05) is 16.7 Å². The maximum absolute atomic E-state index is 9.96. The van der Waals surface area contributed by atoms with Crippen molar-refractivity contribution in [3.05, 3.63) is 30.6 Å². The fourth-order valence-corrected chi connectivity index (χ4v) is 3.82. The van der Waals surface area contributed by atoms with Gasteiger partial charge < -0.3 is 19.5 Å². The fourth-order valence-electron chi connectivity index (χ4n) is 3.82. The summed E-state index contributed by atoms with van der Waals surface area (Å²) in [6.07, 6.45) is 4.91. The number of rotatable bonds is 3. The van der Waals surface area contributed by atoms with Crippen molar-refractivity contribution in [3.8, 4) is 17.0 Å². The van der Waals surface area contributed by atoms with Crippen molar-refractivity contribution in [2.45, 2.75) is 25.5 Å². The van der Waals surface area contributed by atoms with Crippen LogP contribution in [0.25, 0.3) is 22.4 Å². The highest BCUT2D eigenvalue weighted by Crippen LogP contribution is 2.32. The monoisotopic (exact) mass is 381 g/mol. The molecular weight excluding hydrogens is 358 g/mol. The SMILES string of the molecule is Oc1cccc(-c2nc(N3CCOCC3)nc3c2ncn3C2CCCCO2)c1. The maximum atomic E-state index is 9.96. The summed E-state index contributed by atoms with van der Waals surface area (Å²) >= 11 is 0. The average Bonchev–Trinajstić information content (AvgIpc) is 3.18. The number of nitrogens with zero attached hydrogens (tertiary/aromatic N) is 5. The van der Waals surface area contributed by atoms with Gasteiger partial charge in [-0.05, 0) is 31.4 Å². The fraction of sp³-hybridized carbons (Fsp3) is 0.450. The molecule has 2 aliphatic rings. The molecule has 2 saturated heterocycles. The standard InChI is InChI=1S/C20H23N5O3/c26-15-5-3-4-14(12-15)17-18-19(23-20(22-17)24-7-10-27-11-8-24)25(13-21-18)16-6-1-2-9-28-16/h3-5,12-13,16,26H,1-2,6-11H2. The molecule has 0 bridgehead atoms. The Morgan fingerprint density at radius 1 is 1.07 bits per heavy atom. The van der Waals surface area contributed by atoms with Crippen molar-refractivity contribution in [2.75, 3.05) is 37.8 Å². The summed E-state index contributed by atoms with van der Waals surface area (Å²) in [4.78, 5) is 16.4. The second-order valence-corrected chi connectivity index (χ2v) is 7.17. The number of anilines is 1. The molecule has 1 aromatic carbocycles. The van der Waals surface area contributed by atoms with Gasteiger partial charge in [0, 0.05) is 25.3 Å². The lowest BCUT2D eigenvalue weighted by molar-refractivity contribution is -0.0298. The molecule has 0 radical (unpaired) electrons. The lowest BCUT2D eigenvalue weighted by Crippen LogP contribution is -2.37. The minimum absolute atomic E-state index is 0.0526. The van der Waals surface area contributed by atoms with Gasteiger partial charge in [0.15, 0.2) is 5.65 Å². The summed E-state index contributed by atoms with van der Waals surface area (Å²) in [5, 5.41) is 9.96. The third-order valence-electron chi connectivity index (χ3n) is 5.29. The Balaban J connectivity index is 1.67. The van der Waals surface area contributed by atoms with E-state index >= 15 is 0 Å². The molecule has 0 saturated carbocycles. The van der Waals surface area contributed by atoms with Gasteiger partial charge in [0.25, 0.3) is 0 Å². The topological polar surface area (TPSA) is 85.5 Å². The second-order valence-electron chi connectivity index (χ2n) is 7.17. The van der Waals surface area contributed by atoms with Gasteiger partial charge in [-0.2, -0.15) is 4.98 Å². The van der Waals surface area contributed by atoms with Gasteiger partial charge in [-0.15, -0.1) is 0 Å². The van der Waals surface area contributed by atoms with Crippen LogP contribution in [0, 0.1) is 0 Å². The van der Waals surface area contributed by atoms with Gasteiger partial charge in [0.2, 0.25) is 5.95 Å². The Morgan fingerprint density at radius 3 is 2.75 bits per heavy atom. The molecule has 1 N–H and O–H groups in total. The van der Waals surface area contributed by atoms with Crippen molar-refractivity contribution < 1.29 is 14.6 Å². The Morgan fingerprint density at radius 2 is 1.96 bits per heavy atom. The summed E-state index contributed by atoms with van der Waals surface area (Å²) in [6, 6.07) is 7.11. The zero-order valence-corrected chi connectivity index (χ0v) is 15.6. The number of phenolic OH excluding ortho intramolecular Hbond substituents is 1. The number of aromatic nitrogens is 4. The number of morpholine rings is 1. The van der Waals surface area contributed by atoms with E-state index in [-0.39, 0.29) is 12.0 Å². The van der Waals surface area contributed by atoms with Crippen LogP contribution in [0.3, 0.4) is 0 Å². The van der Waals surface area contributed by atoms with Crippen LogP contribution in [0.4, 0.5) is 5.95 Å². The van der Waals surface area contributed by atoms with Crippen LogP contribution in [-0.4, -0.2) is 57.5 Å². The van der Waals surface area contributed by atoms with E-state index in [0.29, 0.717) is 19.2 Å². The number of imidazole rings is 1. The molecule has 0 spiro atoms.